The number of hydrogen-bond donors (Lipinski definition) is 1. The summed E-state index contributed by atoms with van der Waals surface area (Å²) in [5, 5.41) is 7.32. The van der Waals surface area contributed by atoms with Gasteiger partial charge in [0.05, 0.1) is 5.69 Å². The molecule has 3 heterocycles. The molecule has 0 radical (unpaired) electrons. The third kappa shape index (κ3) is 2.71. The zero-order valence-electron chi connectivity index (χ0n) is 15.2. The number of para-hydroxylation sites is 1. The van der Waals surface area contributed by atoms with E-state index in [4.69, 9.17) is 0 Å². The zero-order valence-corrected chi connectivity index (χ0v) is 15.2. The third-order valence-corrected chi connectivity index (χ3v) is 4.31. The minimum Gasteiger partial charge on any atom is -0.350 e. The molecule has 4 rings (SSSR count). The Labute approximate surface area is 151 Å². The van der Waals surface area contributed by atoms with Gasteiger partial charge in [-0.3, -0.25) is 14.7 Å². The van der Waals surface area contributed by atoms with Crippen molar-refractivity contribution in [3.05, 3.63) is 40.3 Å². The van der Waals surface area contributed by atoms with Gasteiger partial charge in [-0.05, 0) is 39.3 Å². The van der Waals surface area contributed by atoms with Crippen LogP contribution in [-0.4, -0.2) is 44.7 Å². The van der Waals surface area contributed by atoms with E-state index in [1.54, 1.807) is 4.57 Å². The molecule has 0 saturated carbocycles. The summed E-state index contributed by atoms with van der Waals surface area (Å²) in [5.41, 5.74) is 0.993. The predicted octanol–water partition coefficient (Wildman–Crippen LogP) is 0.919. The second kappa shape index (κ2) is 5.82. The summed E-state index contributed by atoms with van der Waals surface area (Å²) in [6, 6.07) is 7.67. The molecule has 0 fully saturated rings. The van der Waals surface area contributed by atoms with Gasteiger partial charge in [0.15, 0.2) is 0 Å². The number of amidine groups is 1. The van der Waals surface area contributed by atoms with Gasteiger partial charge in [-0.15, -0.1) is 5.10 Å². The number of fused-ring (bicyclic) bond motifs is 6. The van der Waals surface area contributed by atoms with E-state index < -0.39 is 0 Å². The molecule has 0 bridgehead atoms. The van der Waals surface area contributed by atoms with Crippen LogP contribution in [0.15, 0.2) is 34.1 Å². The fourth-order valence-electron chi connectivity index (χ4n) is 3.37. The first-order valence-electron chi connectivity index (χ1n) is 8.78. The van der Waals surface area contributed by atoms with Gasteiger partial charge in [0.2, 0.25) is 11.9 Å². The molecule has 8 nitrogen and oxygen atoms in total. The molecule has 8 heteroatoms. The second-order valence-corrected chi connectivity index (χ2v) is 7.60. The van der Waals surface area contributed by atoms with Gasteiger partial charge in [0.1, 0.15) is 12.4 Å². The molecule has 0 aliphatic carbocycles. The van der Waals surface area contributed by atoms with E-state index in [9.17, 15) is 9.59 Å². The Hall–Kier alpha value is -2.90. The molecular formula is C18H22N6O2. The minimum atomic E-state index is -0.362. The number of aliphatic imine (C=N–C) groups is 1. The van der Waals surface area contributed by atoms with Crippen LogP contribution in [0, 0.1) is 0 Å². The molecule has 1 aromatic carbocycles. The minimum absolute atomic E-state index is 0.113. The van der Waals surface area contributed by atoms with Gasteiger partial charge >= 0.3 is 5.69 Å². The number of anilines is 1. The molecule has 1 N–H and O–H groups in total. The second-order valence-electron chi connectivity index (χ2n) is 7.60. The Balaban J connectivity index is 1.80. The van der Waals surface area contributed by atoms with Gasteiger partial charge in [-0.25, -0.2) is 14.0 Å². The van der Waals surface area contributed by atoms with Crippen molar-refractivity contribution >= 4 is 17.7 Å². The Bertz CT molecular complexity index is 963. The summed E-state index contributed by atoms with van der Waals surface area (Å²) in [6.45, 7) is 7.10. The van der Waals surface area contributed by atoms with Crippen LogP contribution >= 0.6 is 0 Å². The largest absolute Gasteiger partial charge is 0.352 e. The highest BCUT2D eigenvalue weighted by Gasteiger charge is 2.33. The zero-order chi connectivity index (χ0) is 18.5. The van der Waals surface area contributed by atoms with Crippen LogP contribution < -0.4 is 15.9 Å². The maximum Gasteiger partial charge on any atom is 0.352 e. The fourth-order valence-corrected chi connectivity index (χ4v) is 3.37. The van der Waals surface area contributed by atoms with E-state index in [0.29, 0.717) is 5.95 Å². The van der Waals surface area contributed by atoms with E-state index in [0.717, 1.165) is 36.6 Å². The highest BCUT2D eigenvalue weighted by atomic mass is 16.2. The van der Waals surface area contributed by atoms with Crippen LogP contribution in [0.2, 0.25) is 0 Å². The van der Waals surface area contributed by atoms with Gasteiger partial charge in [-0.1, -0.05) is 12.1 Å². The summed E-state index contributed by atoms with van der Waals surface area (Å²) in [5.74, 6) is 1.13. The number of carbonyl (C=O) groups is 1. The molecule has 2 aromatic rings. The summed E-state index contributed by atoms with van der Waals surface area (Å²) >= 11 is 0. The van der Waals surface area contributed by atoms with Gasteiger partial charge in [-0.2, -0.15) is 0 Å². The Morgan fingerprint density at radius 1 is 1.27 bits per heavy atom. The summed E-state index contributed by atoms with van der Waals surface area (Å²) in [7, 11) is 0. The highest BCUT2D eigenvalue weighted by Crippen LogP contribution is 2.29. The maximum atomic E-state index is 13.0. The van der Waals surface area contributed by atoms with Gasteiger partial charge < -0.3 is 5.32 Å². The van der Waals surface area contributed by atoms with Crippen molar-refractivity contribution < 1.29 is 4.79 Å². The summed E-state index contributed by atoms with van der Waals surface area (Å²) in [6.07, 6.45) is 0.900. The molecule has 136 valence electrons. The van der Waals surface area contributed by atoms with E-state index in [1.165, 1.54) is 4.68 Å². The lowest BCUT2D eigenvalue weighted by Crippen LogP contribution is -2.44. The van der Waals surface area contributed by atoms with Crippen LogP contribution in [-0.2, 0) is 11.3 Å². The molecule has 0 spiro atoms. The molecule has 26 heavy (non-hydrogen) atoms. The lowest BCUT2D eigenvalue weighted by Gasteiger charge is -2.33. The number of nitrogens with one attached hydrogen (secondary N) is 1. The number of aromatic nitrogens is 3. The highest BCUT2D eigenvalue weighted by molar-refractivity contribution is 6.13. The molecule has 0 atom stereocenters. The number of hydrogen-bond acceptors (Lipinski definition) is 5. The van der Waals surface area contributed by atoms with E-state index in [2.05, 4.69) is 15.4 Å². The molecule has 1 amide bonds. The van der Waals surface area contributed by atoms with Crippen LogP contribution in [0.4, 0.5) is 5.95 Å². The van der Waals surface area contributed by atoms with Crippen molar-refractivity contribution in [2.45, 2.75) is 39.3 Å². The standard InChI is InChI=1S/C18H22N6O2/c1-18(2,3)20-14(25)11-23-17(26)24-13-8-5-4-7-12(13)15-19-9-6-10-22(15)16(24)21-23/h4-5,7-8H,6,9-11H2,1-3H3,(H,20,25). The first kappa shape index (κ1) is 16.6. The number of benzene rings is 1. The van der Waals surface area contributed by atoms with Crippen molar-refractivity contribution in [2.75, 3.05) is 18.0 Å². The normalized spacial score (nSPS) is 15.7. The quantitative estimate of drug-likeness (QED) is 0.869. The fraction of sp³-hybridized carbons (Fsp3) is 0.444. The molecule has 2 aliphatic heterocycles. The Kier molecular flexibility index (Phi) is 3.71. The van der Waals surface area contributed by atoms with Crippen molar-refractivity contribution in [3.8, 4) is 5.69 Å². The summed E-state index contributed by atoms with van der Waals surface area (Å²) < 4.78 is 2.80. The number of rotatable bonds is 2. The first-order valence-corrected chi connectivity index (χ1v) is 8.78. The van der Waals surface area contributed by atoms with E-state index >= 15 is 0 Å². The maximum absolute atomic E-state index is 13.0. The van der Waals surface area contributed by atoms with Crippen molar-refractivity contribution in [3.63, 3.8) is 0 Å². The van der Waals surface area contributed by atoms with E-state index in [1.807, 2.05) is 49.9 Å². The number of amides is 1. The molecular weight excluding hydrogens is 332 g/mol. The SMILES string of the molecule is CC(C)(C)NC(=O)Cn1nc2n(c1=O)-c1ccccc1C1=NCCCN12. The molecule has 1 aromatic heterocycles. The Morgan fingerprint density at radius 3 is 2.81 bits per heavy atom. The van der Waals surface area contributed by atoms with Crippen molar-refractivity contribution in [2.24, 2.45) is 4.99 Å². The van der Waals surface area contributed by atoms with Crippen molar-refractivity contribution in [1.82, 2.24) is 19.7 Å². The van der Waals surface area contributed by atoms with Gasteiger partial charge in [0, 0.05) is 24.2 Å². The van der Waals surface area contributed by atoms with E-state index in [-0.39, 0.29) is 23.7 Å². The topological polar surface area (TPSA) is 84.5 Å². The van der Waals surface area contributed by atoms with Gasteiger partial charge in [0.25, 0.3) is 0 Å². The summed E-state index contributed by atoms with van der Waals surface area (Å²) in [4.78, 5) is 31.8. The third-order valence-electron chi connectivity index (χ3n) is 4.31. The lowest BCUT2D eigenvalue weighted by molar-refractivity contribution is -0.123. The van der Waals surface area contributed by atoms with Crippen LogP contribution in [0.25, 0.3) is 5.69 Å². The van der Waals surface area contributed by atoms with Crippen molar-refractivity contribution in [1.29, 1.82) is 0 Å². The average molecular weight is 354 g/mol. The van der Waals surface area contributed by atoms with Crippen LogP contribution in [0.1, 0.15) is 32.8 Å². The first-order chi connectivity index (χ1) is 12.3. The number of carbonyl (C=O) groups excluding carboxylic acids is 1. The monoisotopic (exact) mass is 354 g/mol. The van der Waals surface area contributed by atoms with Crippen LogP contribution in [0.5, 0.6) is 0 Å². The number of nitrogens with zero attached hydrogens (tertiary/aromatic N) is 5. The smallest absolute Gasteiger partial charge is 0.350 e. The molecule has 0 saturated heterocycles. The average Bonchev–Trinajstić information content (AvgIpc) is 2.90. The molecule has 0 unspecified atom stereocenters. The molecule has 2 aliphatic rings. The van der Waals surface area contributed by atoms with Crippen LogP contribution in [0.3, 0.4) is 0 Å². The Morgan fingerprint density at radius 2 is 2.04 bits per heavy atom. The lowest BCUT2D eigenvalue weighted by atomic mass is 10.1. The predicted molar refractivity (Wildman–Crippen MR) is 99.1 cm³/mol.